The third-order valence-corrected chi connectivity index (χ3v) is 15.2. The molecule has 6 aromatic rings. The second kappa shape index (κ2) is 28.2. The van der Waals surface area contributed by atoms with Crippen LogP contribution in [-0.4, -0.2) is 18.0 Å². The summed E-state index contributed by atoms with van der Waals surface area (Å²) in [7, 11) is 0. The summed E-state index contributed by atoms with van der Waals surface area (Å²) in [6.45, 7) is 21.0. The third-order valence-electron chi connectivity index (χ3n) is 15.2. The lowest BCUT2D eigenvalue weighted by Crippen LogP contribution is -2.24. The van der Waals surface area contributed by atoms with E-state index in [4.69, 9.17) is 0 Å². The van der Waals surface area contributed by atoms with Gasteiger partial charge in [0, 0.05) is 70.1 Å². The van der Waals surface area contributed by atoms with E-state index >= 15 is 0 Å². The van der Waals surface area contributed by atoms with Gasteiger partial charge in [0.15, 0.2) is 0 Å². The van der Waals surface area contributed by atoms with Crippen LogP contribution in [0, 0.1) is 0 Å². The third kappa shape index (κ3) is 13.7. The molecule has 0 aliphatic heterocycles. The lowest BCUT2D eigenvalue weighted by molar-refractivity contribution is 0.470. The van der Waals surface area contributed by atoms with E-state index < -0.39 is 0 Å². The summed E-state index contributed by atoms with van der Waals surface area (Å²) in [5, 5.41) is 0. The van der Waals surface area contributed by atoms with Gasteiger partial charge in [0.2, 0.25) is 0 Å². The molecule has 0 N–H and O–H groups in total. The second-order valence-electron chi connectivity index (χ2n) is 20.5. The Bertz CT molecular complexity index is 3540. The zero-order valence-corrected chi connectivity index (χ0v) is 48.2. The molecule has 3 aliphatic rings. The SMILES string of the molecule is C=CCN(/C(=C/C=C\C)CC)c1ccc(N(C2=CC=CC(c3ccccc3)CC2)c2ccc(-c3ccc(N(C4=C=C(N(CC)C5=CC=CCC=C5)C(CC/C=C\C)=C4)c4cccc(-c5ccccc5)c4)cc3)cc2)cc1C(=C)/C=C\C. The molecule has 0 aromatic heterocycles. The van der Waals surface area contributed by atoms with Gasteiger partial charge in [-0.2, -0.15) is 0 Å². The molecule has 4 heteroatoms. The summed E-state index contributed by atoms with van der Waals surface area (Å²) in [4.78, 5) is 9.62. The van der Waals surface area contributed by atoms with Crippen molar-refractivity contribution in [3.8, 4) is 22.3 Å². The van der Waals surface area contributed by atoms with Crippen molar-refractivity contribution in [1.82, 2.24) is 4.90 Å². The maximum Gasteiger partial charge on any atom is 0.0915 e. The molecule has 0 radical (unpaired) electrons. The summed E-state index contributed by atoms with van der Waals surface area (Å²) < 4.78 is 0. The number of likely N-dealkylation sites (N-methyl/N-ethyl adjacent to an activating group) is 1. The molecule has 0 heterocycles. The average molecular weight is 1060 g/mol. The predicted molar refractivity (Wildman–Crippen MR) is 351 cm³/mol. The minimum absolute atomic E-state index is 0.321. The minimum Gasteiger partial charge on any atom is -0.341 e. The Balaban J connectivity index is 1.11. The van der Waals surface area contributed by atoms with Crippen LogP contribution in [0.15, 0.2) is 308 Å². The van der Waals surface area contributed by atoms with Gasteiger partial charge in [-0.05, 0) is 190 Å². The van der Waals surface area contributed by atoms with Crippen molar-refractivity contribution in [2.24, 2.45) is 0 Å². The first-order chi connectivity index (χ1) is 39.9. The molecule has 9 rings (SSSR count). The maximum absolute atomic E-state index is 4.64. The number of hydrogen-bond donors (Lipinski definition) is 0. The molecule has 0 spiro atoms. The van der Waals surface area contributed by atoms with E-state index in [9.17, 15) is 0 Å². The van der Waals surface area contributed by atoms with Crippen molar-refractivity contribution in [3.05, 3.63) is 319 Å². The van der Waals surface area contributed by atoms with Crippen molar-refractivity contribution < 1.29 is 0 Å². The Morgan fingerprint density at radius 2 is 1.37 bits per heavy atom. The summed E-state index contributed by atoms with van der Waals surface area (Å²) >= 11 is 0. The van der Waals surface area contributed by atoms with Crippen LogP contribution in [0.1, 0.15) is 90.2 Å². The summed E-state index contributed by atoms with van der Waals surface area (Å²) in [6.07, 6.45) is 42.9. The molecule has 1 unspecified atom stereocenters. The Morgan fingerprint density at radius 3 is 2.06 bits per heavy atom. The summed E-state index contributed by atoms with van der Waals surface area (Å²) in [5.74, 6) is 0.321. The standard InChI is InChI=1S/C77H78N4/c1-8-14-20-34-66-56-74(58-77(66)78(13-6)68-38-25-16-17-26-39-68)81(72-41-28-36-65(55-72)61-32-23-19-24-33-61)71-50-45-64(46-51-71)63-43-48-70(49-44-63)80(69-40-27-35-62(42-47-69)60-30-21-18-22-31-60)73-52-53-76(75(57-73)59(7)29-10-3)79(54-11-4)67(12-5)37-15-9-2/h8-11,14-16,18-19,21-33,35-41,43-46,48-53,55-57,62H,4,7,12-13,17,20,34,42,47,54H2,1-3,5-6H3/b14-8-,15-9-,29-10-,67-37+. The molecule has 4 nitrogen and oxygen atoms in total. The highest BCUT2D eigenvalue weighted by Gasteiger charge is 2.26. The van der Waals surface area contributed by atoms with Gasteiger partial charge in [-0.15, -0.1) is 6.58 Å². The fraction of sp³-hybridized carbons (Fsp3) is 0.182. The first-order valence-corrected chi connectivity index (χ1v) is 29.0. The fourth-order valence-corrected chi connectivity index (χ4v) is 11.1. The number of allylic oxidation sites excluding steroid dienone is 19. The molecule has 0 amide bonds. The molecule has 1 atom stereocenters. The molecule has 0 saturated heterocycles. The van der Waals surface area contributed by atoms with E-state index in [1.807, 2.05) is 6.08 Å². The highest BCUT2D eigenvalue weighted by molar-refractivity contribution is 5.87. The van der Waals surface area contributed by atoms with Gasteiger partial charge in [0.25, 0.3) is 0 Å². The van der Waals surface area contributed by atoms with Gasteiger partial charge in [0.1, 0.15) is 0 Å². The van der Waals surface area contributed by atoms with Crippen LogP contribution < -0.4 is 14.7 Å². The topological polar surface area (TPSA) is 13.0 Å². The van der Waals surface area contributed by atoms with Gasteiger partial charge in [-0.3, -0.25) is 0 Å². The van der Waals surface area contributed by atoms with Crippen molar-refractivity contribution in [1.29, 1.82) is 0 Å². The molecular formula is C77H78N4. The molecule has 0 saturated carbocycles. The Labute approximate surface area is 484 Å². The van der Waals surface area contributed by atoms with Crippen molar-refractivity contribution in [2.75, 3.05) is 27.8 Å². The van der Waals surface area contributed by atoms with Crippen LogP contribution in [-0.2, 0) is 0 Å². The van der Waals surface area contributed by atoms with Crippen LogP contribution >= 0.6 is 0 Å². The van der Waals surface area contributed by atoms with Gasteiger partial charge >= 0.3 is 0 Å². The van der Waals surface area contributed by atoms with Gasteiger partial charge in [-0.1, -0.05) is 189 Å². The van der Waals surface area contributed by atoms with Crippen molar-refractivity contribution >= 4 is 34.0 Å². The lowest BCUT2D eigenvalue weighted by atomic mass is 9.94. The van der Waals surface area contributed by atoms with E-state index in [-0.39, 0.29) is 0 Å². The van der Waals surface area contributed by atoms with Gasteiger partial charge < -0.3 is 19.6 Å². The van der Waals surface area contributed by atoms with Crippen LogP contribution in [0.3, 0.4) is 0 Å². The highest BCUT2D eigenvalue weighted by atomic mass is 15.2. The number of anilines is 5. The van der Waals surface area contributed by atoms with Crippen molar-refractivity contribution in [3.63, 3.8) is 0 Å². The van der Waals surface area contributed by atoms with Gasteiger partial charge in [-0.25, -0.2) is 0 Å². The molecule has 81 heavy (non-hydrogen) atoms. The van der Waals surface area contributed by atoms with Crippen LogP contribution in [0.4, 0.5) is 28.4 Å². The number of hydrogen-bond acceptors (Lipinski definition) is 4. The van der Waals surface area contributed by atoms with Crippen LogP contribution in [0.2, 0.25) is 0 Å². The number of benzene rings is 6. The fourth-order valence-electron chi connectivity index (χ4n) is 11.1. The van der Waals surface area contributed by atoms with E-state index in [0.717, 1.165) is 107 Å². The molecule has 6 aromatic carbocycles. The van der Waals surface area contributed by atoms with Crippen LogP contribution in [0.25, 0.3) is 27.8 Å². The van der Waals surface area contributed by atoms with E-state index in [1.165, 1.54) is 39.4 Å². The predicted octanol–water partition coefficient (Wildman–Crippen LogP) is 21.2. The number of nitrogens with zero attached hydrogens (tertiary/aromatic N) is 4. The smallest absolute Gasteiger partial charge is 0.0915 e. The first-order valence-electron chi connectivity index (χ1n) is 29.0. The molecule has 3 aliphatic carbocycles. The lowest BCUT2D eigenvalue weighted by Gasteiger charge is -2.32. The molecule has 0 fully saturated rings. The molecular weight excluding hydrogens is 981 g/mol. The normalized spacial score (nSPS) is 15.2. The Morgan fingerprint density at radius 1 is 0.679 bits per heavy atom. The zero-order valence-electron chi connectivity index (χ0n) is 48.2. The maximum atomic E-state index is 4.64. The van der Waals surface area contributed by atoms with E-state index in [0.29, 0.717) is 12.5 Å². The zero-order chi connectivity index (χ0) is 56.3. The van der Waals surface area contributed by atoms with Crippen molar-refractivity contribution in [2.45, 2.75) is 79.1 Å². The van der Waals surface area contributed by atoms with E-state index in [2.05, 4.69) is 322 Å². The van der Waals surface area contributed by atoms with E-state index in [1.54, 1.807) is 0 Å². The monoisotopic (exact) mass is 1060 g/mol. The summed E-state index contributed by atoms with van der Waals surface area (Å²) in [6, 6.07) is 55.5. The minimum atomic E-state index is 0.321. The molecule has 0 bridgehead atoms. The first kappa shape index (κ1) is 56.6. The average Bonchev–Trinajstić information content (AvgIpc) is 3.73. The summed E-state index contributed by atoms with van der Waals surface area (Å²) in [5.41, 5.74) is 24.5. The largest absolute Gasteiger partial charge is 0.341 e. The highest BCUT2D eigenvalue weighted by Crippen LogP contribution is 2.43. The second-order valence-corrected chi connectivity index (χ2v) is 20.5. The van der Waals surface area contributed by atoms with Crippen LogP contribution in [0.5, 0.6) is 0 Å². The number of rotatable bonds is 23. The Kier molecular flexibility index (Phi) is 19.7. The Hall–Kier alpha value is -9.08. The quantitative estimate of drug-likeness (QED) is 0.0360. The molecule has 406 valence electrons. The van der Waals surface area contributed by atoms with Gasteiger partial charge in [0.05, 0.1) is 11.4 Å².